The summed E-state index contributed by atoms with van der Waals surface area (Å²) in [6, 6.07) is 19.0. The van der Waals surface area contributed by atoms with Crippen LogP contribution in [0.4, 0.5) is 0 Å². The molecule has 136 valence electrons. The van der Waals surface area contributed by atoms with Gasteiger partial charge in [0.15, 0.2) is 5.17 Å². The number of fused-ring (bicyclic) bond motifs is 2. The van der Waals surface area contributed by atoms with Gasteiger partial charge in [-0.2, -0.15) is 0 Å². The van der Waals surface area contributed by atoms with Crippen molar-refractivity contribution in [1.82, 2.24) is 9.88 Å². The van der Waals surface area contributed by atoms with Gasteiger partial charge in [-0.1, -0.05) is 55.1 Å². The summed E-state index contributed by atoms with van der Waals surface area (Å²) in [5.41, 5.74) is 2.31. The lowest BCUT2D eigenvalue weighted by Crippen LogP contribution is -2.28. The van der Waals surface area contributed by atoms with E-state index in [1.54, 1.807) is 7.11 Å². The van der Waals surface area contributed by atoms with Gasteiger partial charge < -0.3 is 9.64 Å². The van der Waals surface area contributed by atoms with E-state index < -0.39 is 0 Å². The summed E-state index contributed by atoms with van der Waals surface area (Å²) in [7, 11) is 1.73. The van der Waals surface area contributed by atoms with Gasteiger partial charge in [-0.05, 0) is 29.1 Å². The van der Waals surface area contributed by atoms with E-state index in [9.17, 15) is 0 Å². The van der Waals surface area contributed by atoms with Crippen LogP contribution in [0.3, 0.4) is 0 Å². The van der Waals surface area contributed by atoms with Crippen LogP contribution in [-0.4, -0.2) is 34.0 Å². The molecule has 5 heteroatoms. The number of thioether (sulfide) groups is 1. The standard InChI is InChI=1S/C22H21N3OS/c1-14-13-25-21(20(24-22(25)27-14)18-9-5-6-12-23-18)17-10-11-19(26-2)16-8-4-3-7-15(16)17/h3-12,14,20-21H,13H2,1-2H3/t14-,20-,21+/m0/s1. The van der Waals surface area contributed by atoms with Gasteiger partial charge >= 0.3 is 0 Å². The third-order valence-corrected chi connectivity index (χ3v) is 6.44. The molecule has 4 nitrogen and oxygen atoms in total. The summed E-state index contributed by atoms with van der Waals surface area (Å²) >= 11 is 1.87. The van der Waals surface area contributed by atoms with E-state index in [1.807, 2.05) is 30.1 Å². The van der Waals surface area contributed by atoms with E-state index in [0.29, 0.717) is 5.25 Å². The number of hydrogen-bond donors (Lipinski definition) is 0. The maximum Gasteiger partial charge on any atom is 0.160 e. The van der Waals surface area contributed by atoms with Gasteiger partial charge in [0, 0.05) is 23.4 Å². The highest BCUT2D eigenvalue weighted by Gasteiger charge is 2.44. The van der Waals surface area contributed by atoms with Crippen molar-refractivity contribution in [2.24, 2.45) is 4.99 Å². The van der Waals surface area contributed by atoms with Gasteiger partial charge in [-0.3, -0.25) is 9.98 Å². The van der Waals surface area contributed by atoms with Crippen molar-refractivity contribution in [1.29, 1.82) is 0 Å². The first-order chi connectivity index (χ1) is 13.3. The number of pyridine rings is 1. The van der Waals surface area contributed by atoms with Crippen molar-refractivity contribution >= 4 is 27.7 Å². The van der Waals surface area contributed by atoms with Gasteiger partial charge in [0.2, 0.25) is 0 Å². The molecule has 3 aromatic rings. The Balaban J connectivity index is 1.69. The van der Waals surface area contributed by atoms with E-state index in [4.69, 9.17) is 9.73 Å². The molecule has 0 amide bonds. The zero-order chi connectivity index (χ0) is 18.4. The lowest BCUT2D eigenvalue weighted by Gasteiger charge is -2.28. The topological polar surface area (TPSA) is 37.7 Å². The Morgan fingerprint density at radius 2 is 1.85 bits per heavy atom. The number of ether oxygens (including phenoxy) is 1. The highest BCUT2D eigenvalue weighted by Crippen LogP contribution is 2.49. The molecular weight excluding hydrogens is 354 g/mol. The lowest BCUT2D eigenvalue weighted by molar-refractivity contribution is 0.323. The molecule has 2 aliphatic heterocycles. The van der Waals surface area contributed by atoms with E-state index in [0.717, 1.165) is 28.5 Å². The quantitative estimate of drug-likeness (QED) is 0.657. The van der Waals surface area contributed by atoms with E-state index >= 15 is 0 Å². The number of amidine groups is 1. The Labute approximate surface area is 163 Å². The first-order valence-corrected chi connectivity index (χ1v) is 10.1. The van der Waals surface area contributed by atoms with E-state index in [-0.39, 0.29) is 12.1 Å². The average Bonchev–Trinajstić information content (AvgIpc) is 3.24. The van der Waals surface area contributed by atoms with E-state index in [2.05, 4.69) is 59.3 Å². The van der Waals surface area contributed by atoms with Gasteiger partial charge in [-0.15, -0.1) is 0 Å². The van der Waals surface area contributed by atoms with Crippen molar-refractivity contribution in [3.8, 4) is 5.75 Å². The third-order valence-electron chi connectivity index (χ3n) is 5.34. The largest absolute Gasteiger partial charge is 0.496 e. The first kappa shape index (κ1) is 16.6. The molecule has 0 radical (unpaired) electrons. The molecule has 0 aliphatic carbocycles. The Kier molecular flexibility index (Phi) is 4.05. The minimum atomic E-state index is 0.0120. The Hall–Kier alpha value is -2.53. The fraction of sp³-hybridized carbons (Fsp3) is 0.273. The number of aromatic nitrogens is 1. The number of benzene rings is 2. The van der Waals surface area contributed by atoms with Crippen LogP contribution in [0.15, 0.2) is 65.8 Å². The van der Waals surface area contributed by atoms with Crippen LogP contribution in [0.25, 0.3) is 10.8 Å². The molecule has 3 heterocycles. The fourth-order valence-corrected chi connectivity index (χ4v) is 5.28. The summed E-state index contributed by atoms with van der Waals surface area (Å²) in [6.07, 6.45) is 1.86. The second-order valence-electron chi connectivity index (χ2n) is 7.04. The molecule has 2 aromatic carbocycles. The second-order valence-corrected chi connectivity index (χ2v) is 8.45. The highest BCUT2D eigenvalue weighted by atomic mass is 32.2. The first-order valence-electron chi connectivity index (χ1n) is 9.24. The fourth-order valence-electron chi connectivity index (χ4n) is 4.18. The third kappa shape index (κ3) is 2.69. The maximum absolute atomic E-state index is 5.60. The van der Waals surface area contributed by atoms with Gasteiger partial charge in [-0.25, -0.2) is 0 Å². The molecule has 5 rings (SSSR count). The lowest BCUT2D eigenvalue weighted by atomic mass is 9.91. The molecule has 2 aliphatic rings. The smallest absolute Gasteiger partial charge is 0.160 e. The van der Waals surface area contributed by atoms with Crippen LogP contribution in [0, 0.1) is 0 Å². The van der Waals surface area contributed by atoms with Crippen LogP contribution in [0.5, 0.6) is 5.75 Å². The molecule has 3 atom stereocenters. The highest BCUT2D eigenvalue weighted by molar-refractivity contribution is 8.14. The van der Waals surface area contributed by atoms with Crippen molar-refractivity contribution in [2.75, 3.05) is 13.7 Å². The molecule has 0 bridgehead atoms. The summed E-state index contributed by atoms with van der Waals surface area (Å²) in [6.45, 7) is 3.28. The van der Waals surface area contributed by atoms with Gasteiger partial charge in [0.25, 0.3) is 0 Å². The number of rotatable bonds is 3. The minimum absolute atomic E-state index is 0.0120. The van der Waals surface area contributed by atoms with Crippen LogP contribution in [0.1, 0.15) is 30.3 Å². The summed E-state index contributed by atoms with van der Waals surface area (Å²) in [5.74, 6) is 0.909. The normalized spacial score (nSPS) is 24.1. The van der Waals surface area contributed by atoms with Crippen molar-refractivity contribution in [2.45, 2.75) is 24.3 Å². The maximum atomic E-state index is 5.60. The molecule has 0 N–H and O–H groups in total. The minimum Gasteiger partial charge on any atom is -0.496 e. The van der Waals surface area contributed by atoms with Crippen molar-refractivity contribution < 1.29 is 4.74 Å². The van der Waals surface area contributed by atoms with Crippen molar-refractivity contribution in [3.05, 3.63) is 72.1 Å². The zero-order valence-corrected chi connectivity index (χ0v) is 16.2. The van der Waals surface area contributed by atoms with Crippen LogP contribution in [-0.2, 0) is 0 Å². The summed E-state index contributed by atoms with van der Waals surface area (Å²) in [4.78, 5) is 12.2. The molecule has 0 saturated carbocycles. The Morgan fingerprint density at radius 3 is 2.63 bits per heavy atom. The molecule has 1 aromatic heterocycles. The monoisotopic (exact) mass is 375 g/mol. The molecule has 1 fully saturated rings. The summed E-state index contributed by atoms with van der Waals surface area (Å²) < 4.78 is 5.60. The molecule has 27 heavy (non-hydrogen) atoms. The number of hydrogen-bond acceptors (Lipinski definition) is 5. The number of methoxy groups -OCH3 is 1. The van der Waals surface area contributed by atoms with Crippen molar-refractivity contribution in [3.63, 3.8) is 0 Å². The molecule has 0 unspecified atom stereocenters. The molecule has 1 saturated heterocycles. The predicted molar refractivity (Wildman–Crippen MR) is 111 cm³/mol. The second kappa shape index (κ2) is 6.57. The predicted octanol–water partition coefficient (Wildman–Crippen LogP) is 4.83. The van der Waals surface area contributed by atoms with Crippen LogP contribution in [0.2, 0.25) is 0 Å². The Morgan fingerprint density at radius 1 is 1.04 bits per heavy atom. The van der Waals surface area contributed by atoms with Gasteiger partial charge in [0.05, 0.1) is 18.8 Å². The average molecular weight is 375 g/mol. The van der Waals surface area contributed by atoms with Gasteiger partial charge in [0.1, 0.15) is 11.8 Å². The summed E-state index contributed by atoms with van der Waals surface area (Å²) in [5, 5.41) is 4.07. The number of aliphatic imine (C=N–C) groups is 1. The number of nitrogens with zero attached hydrogens (tertiary/aromatic N) is 3. The van der Waals surface area contributed by atoms with Crippen LogP contribution >= 0.6 is 11.8 Å². The zero-order valence-electron chi connectivity index (χ0n) is 15.4. The van der Waals surface area contributed by atoms with E-state index in [1.165, 1.54) is 10.9 Å². The van der Waals surface area contributed by atoms with Crippen LogP contribution < -0.4 is 4.74 Å². The Bertz CT molecular complexity index is 1020. The molecule has 0 spiro atoms. The SMILES string of the molecule is COc1ccc([C@@H]2[C@H](c3ccccn3)N=C3S[C@@H](C)CN32)c2ccccc12. The molecular formula is C22H21N3OS.